The lowest BCUT2D eigenvalue weighted by Crippen LogP contribution is -2.47. The highest BCUT2D eigenvalue weighted by Crippen LogP contribution is 2.38. The number of ether oxygens (including phenoxy) is 1. The second kappa shape index (κ2) is 7.13. The van der Waals surface area contributed by atoms with Crippen molar-refractivity contribution in [3.63, 3.8) is 0 Å². The van der Waals surface area contributed by atoms with Gasteiger partial charge in [0.05, 0.1) is 18.3 Å². The smallest absolute Gasteiger partial charge is 0.242 e. The van der Waals surface area contributed by atoms with E-state index < -0.39 is 5.54 Å². The molecular formula is C21H25FN4O2. The number of amides is 1. The number of aromatic nitrogens is 2. The molecule has 1 aromatic carbocycles. The number of rotatable bonds is 4. The highest BCUT2D eigenvalue weighted by Gasteiger charge is 2.50. The van der Waals surface area contributed by atoms with Gasteiger partial charge in [0, 0.05) is 24.8 Å². The van der Waals surface area contributed by atoms with Crippen molar-refractivity contribution >= 4 is 5.91 Å². The first-order chi connectivity index (χ1) is 13.4. The average Bonchev–Trinajstić information content (AvgIpc) is 3.23. The quantitative estimate of drug-likeness (QED) is 0.878. The molecule has 0 unspecified atom stereocenters. The van der Waals surface area contributed by atoms with Crippen molar-refractivity contribution < 1.29 is 13.9 Å². The average molecular weight is 384 g/mol. The van der Waals surface area contributed by atoms with Gasteiger partial charge in [0.2, 0.25) is 5.91 Å². The van der Waals surface area contributed by atoms with Gasteiger partial charge in [-0.3, -0.25) is 10.1 Å². The van der Waals surface area contributed by atoms with Crippen LogP contribution < -0.4 is 10.1 Å². The first-order valence-electron chi connectivity index (χ1n) is 9.73. The molecule has 0 aliphatic carbocycles. The summed E-state index contributed by atoms with van der Waals surface area (Å²) in [6.07, 6.45) is 2.34. The van der Waals surface area contributed by atoms with E-state index in [2.05, 4.69) is 15.3 Å². The number of likely N-dealkylation sites (tertiary alicyclic amines) is 1. The van der Waals surface area contributed by atoms with Gasteiger partial charge in [-0.2, -0.15) is 0 Å². The van der Waals surface area contributed by atoms with Crippen LogP contribution >= 0.6 is 0 Å². The Kier molecular flexibility index (Phi) is 4.79. The maximum atomic E-state index is 14.5. The number of likely N-dealkylation sites (N-methyl/N-ethyl adjacent to an activating group) is 1. The minimum Gasteiger partial charge on any atom is -0.494 e. The van der Waals surface area contributed by atoms with Crippen LogP contribution in [0.15, 0.2) is 24.3 Å². The molecule has 7 heteroatoms. The van der Waals surface area contributed by atoms with Crippen LogP contribution in [0.3, 0.4) is 0 Å². The fraction of sp³-hybridized carbons (Fsp3) is 0.476. The lowest BCUT2D eigenvalue weighted by Gasteiger charge is -2.23. The monoisotopic (exact) mass is 384 g/mol. The summed E-state index contributed by atoms with van der Waals surface area (Å²) in [6.45, 7) is 5.03. The first-order valence-corrected chi connectivity index (χ1v) is 9.73. The van der Waals surface area contributed by atoms with Crippen molar-refractivity contribution in [1.82, 2.24) is 20.2 Å². The molecule has 3 heterocycles. The molecule has 4 rings (SSSR count). The third-order valence-corrected chi connectivity index (χ3v) is 5.65. The van der Waals surface area contributed by atoms with E-state index in [1.807, 2.05) is 20.9 Å². The van der Waals surface area contributed by atoms with Crippen molar-refractivity contribution in [3.8, 4) is 17.0 Å². The summed E-state index contributed by atoms with van der Waals surface area (Å²) in [4.78, 5) is 23.6. The number of hydrogen-bond donors (Lipinski definition) is 1. The molecule has 1 spiro atoms. The molecule has 28 heavy (non-hydrogen) atoms. The van der Waals surface area contributed by atoms with E-state index >= 15 is 0 Å². The van der Waals surface area contributed by atoms with Gasteiger partial charge in [-0.1, -0.05) is 0 Å². The second-order valence-corrected chi connectivity index (χ2v) is 7.62. The minimum atomic E-state index is -0.507. The van der Waals surface area contributed by atoms with E-state index in [-0.39, 0.29) is 17.8 Å². The number of hydrogen-bond acceptors (Lipinski definition) is 5. The van der Waals surface area contributed by atoms with Crippen LogP contribution in [0.5, 0.6) is 5.75 Å². The molecule has 1 amide bonds. The van der Waals surface area contributed by atoms with Gasteiger partial charge in [0.15, 0.2) is 0 Å². The minimum absolute atomic E-state index is 0.118. The van der Waals surface area contributed by atoms with Gasteiger partial charge < -0.3 is 9.64 Å². The summed E-state index contributed by atoms with van der Waals surface area (Å²) >= 11 is 0. The maximum absolute atomic E-state index is 14.5. The Morgan fingerprint density at radius 1 is 1.32 bits per heavy atom. The third kappa shape index (κ3) is 3.24. The molecular weight excluding hydrogens is 359 g/mol. The Labute approximate surface area is 164 Å². The highest BCUT2D eigenvalue weighted by atomic mass is 19.1. The number of halogens is 1. The molecule has 2 aliphatic heterocycles. The molecule has 148 valence electrons. The van der Waals surface area contributed by atoms with E-state index in [9.17, 15) is 9.18 Å². The Bertz CT molecular complexity index is 919. The van der Waals surface area contributed by atoms with E-state index in [1.54, 1.807) is 23.1 Å². The van der Waals surface area contributed by atoms with Gasteiger partial charge in [-0.05, 0) is 57.4 Å². The fourth-order valence-electron chi connectivity index (χ4n) is 4.20. The van der Waals surface area contributed by atoms with Crippen LogP contribution in [0.4, 0.5) is 4.39 Å². The fourth-order valence-corrected chi connectivity index (χ4v) is 4.20. The zero-order valence-electron chi connectivity index (χ0n) is 16.5. The van der Waals surface area contributed by atoms with E-state index in [4.69, 9.17) is 4.74 Å². The topological polar surface area (TPSA) is 67.3 Å². The third-order valence-electron chi connectivity index (χ3n) is 5.65. The lowest BCUT2D eigenvalue weighted by atomic mass is 9.96. The van der Waals surface area contributed by atoms with Gasteiger partial charge in [-0.25, -0.2) is 14.4 Å². The molecule has 0 bridgehead atoms. The number of carbonyl (C=O) groups is 1. The molecule has 1 aromatic heterocycles. The largest absolute Gasteiger partial charge is 0.494 e. The van der Waals surface area contributed by atoms with Gasteiger partial charge in [-0.15, -0.1) is 0 Å². The molecule has 6 nitrogen and oxygen atoms in total. The number of aryl methyl sites for hydroxylation is 1. The normalized spacial score (nSPS) is 24.4. The number of nitrogens with zero attached hydrogens (tertiary/aromatic N) is 3. The first kappa shape index (κ1) is 18.8. The van der Waals surface area contributed by atoms with Crippen LogP contribution in [0.25, 0.3) is 11.3 Å². The SMILES string of the molecule is CCOc1ccc(F)c(-c2cc(C)nc([C@H]3CC[C@]4(CCN(C)C4=O)N3)n2)c1. The Balaban J connectivity index is 1.66. The van der Waals surface area contributed by atoms with E-state index in [0.29, 0.717) is 29.4 Å². The lowest BCUT2D eigenvalue weighted by molar-refractivity contribution is -0.131. The Morgan fingerprint density at radius 2 is 2.14 bits per heavy atom. The maximum Gasteiger partial charge on any atom is 0.242 e. The molecule has 2 aliphatic rings. The van der Waals surface area contributed by atoms with Gasteiger partial charge >= 0.3 is 0 Å². The molecule has 1 N–H and O–H groups in total. The molecule has 2 saturated heterocycles. The molecule has 2 fully saturated rings. The summed E-state index contributed by atoms with van der Waals surface area (Å²) in [5.74, 6) is 0.999. The van der Waals surface area contributed by atoms with Crippen molar-refractivity contribution in [3.05, 3.63) is 41.6 Å². The predicted octanol–water partition coefficient (Wildman–Crippen LogP) is 3.02. The molecule has 0 saturated carbocycles. The van der Waals surface area contributed by atoms with Gasteiger partial charge in [0.25, 0.3) is 0 Å². The standard InChI is InChI=1S/C21H25FN4O2/c1-4-28-14-5-6-16(22)15(12-14)18-11-13(2)23-19(24-18)17-7-8-21(25-17)9-10-26(3)20(21)27/h5-6,11-12,17,25H,4,7-10H2,1-3H3/t17-,21-/m1/s1. The second-order valence-electron chi connectivity index (χ2n) is 7.62. The zero-order chi connectivity index (χ0) is 19.9. The molecule has 2 aromatic rings. The summed E-state index contributed by atoms with van der Waals surface area (Å²) in [5.41, 5.74) is 1.17. The van der Waals surface area contributed by atoms with Crippen molar-refractivity contribution in [1.29, 1.82) is 0 Å². The van der Waals surface area contributed by atoms with Crippen LogP contribution in [0.1, 0.15) is 43.7 Å². The summed E-state index contributed by atoms with van der Waals surface area (Å²) in [6, 6.07) is 6.34. The summed E-state index contributed by atoms with van der Waals surface area (Å²) in [5, 5.41) is 3.48. The summed E-state index contributed by atoms with van der Waals surface area (Å²) < 4.78 is 20.0. The van der Waals surface area contributed by atoms with E-state index in [1.165, 1.54) is 6.07 Å². The number of benzene rings is 1. The van der Waals surface area contributed by atoms with Crippen molar-refractivity contribution in [2.45, 2.75) is 44.7 Å². The highest BCUT2D eigenvalue weighted by molar-refractivity contribution is 5.88. The summed E-state index contributed by atoms with van der Waals surface area (Å²) in [7, 11) is 1.83. The number of carbonyl (C=O) groups excluding carboxylic acids is 1. The van der Waals surface area contributed by atoms with Crippen LogP contribution in [0, 0.1) is 12.7 Å². The molecule has 2 atom stereocenters. The van der Waals surface area contributed by atoms with Crippen molar-refractivity contribution in [2.75, 3.05) is 20.2 Å². The van der Waals surface area contributed by atoms with E-state index in [0.717, 1.165) is 31.5 Å². The Hall–Kier alpha value is -2.54. The van der Waals surface area contributed by atoms with Crippen LogP contribution in [0.2, 0.25) is 0 Å². The molecule has 0 radical (unpaired) electrons. The zero-order valence-corrected chi connectivity index (χ0v) is 16.5. The number of nitrogens with one attached hydrogen (secondary N) is 1. The van der Waals surface area contributed by atoms with Gasteiger partial charge in [0.1, 0.15) is 22.9 Å². The van der Waals surface area contributed by atoms with Crippen LogP contribution in [-0.2, 0) is 4.79 Å². The Morgan fingerprint density at radius 3 is 2.86 bits per heavy atom. The van der Waals surface area contributed by atoms with Crippen molar-refractivity contribution in [2.24, 2.45) is 0 Å². The van der Waals surface area contributed by atoms with Crippen LogP contribution in [-0.4, -0.2) is 46.5 Å². The predicted molar refractivity (Wildman–Crippen MR) is 103 cm³/mol.